The van der Waals surface area contributed by atoms with Gasteiger partial charge in [-0.25, -0.2) is 0 Å². The first kappa shape index (κ1) is 39.7. The molecular formula is H5AlSnTaTiZn. The molecule has 0 aromatic carbocycles. The first-order chi connectivity index (χ1) is 0. The van der Waals surface area contributed by atoms with E-state index in [4.69, 9.17) is 0 Å². The predicted molar refractivity (Wildman–Crippen MR) is 18.5 cm³/mol. The van der Waals surface area contributed by atoms with Gasteiger partial charge >= 0.3 is 23.9 Å². The van der Waals surface area contributed by atoms with Gasteiger partial charge in [0, 0.05) is 63.6 Å². The molecule has 0 bridgehead atoms. The Labute approximate surface area is 103 Å². The zero-order valence-electron chi connectivity index (χ0n) is 2.36. The van der Waals surface area contributed by atoms with E-state index >= 15 is 0 Å². The molecule has 0 aromatic heterocycles. The molecule has 5 heteroatoms. The zero-order valence-corrected chi connectivity index (χ0v) is 14.1. The molecule has 0 atom stereocenters. The van der Waals surface area contributed by atoms with E-state index in [1.54, 1.807) is 0 Å². The molecule has 0 heterocycles. The maximum absolute atomic E-state index is 0. The van der Waals surface area contributed by atoms with Gasteiger partial charge < -0.3 is 0 Å². The fourth-order valence-electron chi connectivity index (χ4n) is 0. The summed E-state index contributed by atoms with van der Waals surface area (Å²) in [4.78, 5) is 0. The van der Waals surface area contributed by atoms with Crippen LogP contribution in [0, 0.1) is 0 Å². The molecule has 0 aromatic rings. The van der Waals surface area contributed by atoms with E-state index in [1.165, 1.54) is 0 Å². The molecule has 0 aliphatic heterocycles. The summed E-state index contributed by atoms with van der Waals surface area (Å²) in [5, 5.41) is 0. The van der Waals surface area contributed by atoms with Gasteiger partial charge in [0.2, 0.25) is 0 Å². The zero-order chi connectivity index (χ0) is 0. The second-order valence-corrected chi connectivity index (χ2v) is 0. The van der Waals surface area contributed by atoms with Gasteiger partial charge in [-0.3, -0.25) is 0 Å². The molecule has 0 rings (SSSR count). The summed E-state index contributed by atoms with van der Waals surface area (Å²) >= 11 is 0. The maximum atomic E-state index is 0. The average Bonchev–Trinajstić information content (AvgIpc) is 0. The number of rotatable bonds is 0. The van der Waals surface area contributed by atoms with Crippen LogP contribution in [0.25, 0.3) is 0 Å². The Balaban J connectivity index is 0. The van der Waals surface area contributed by atoms with Crippen molar-refractivity contribution in [2.45, 2.75) is 0 Å². The van der Waals surface area contributed by atoms with Crippen molar-refractivity contribution in [1.29, 1.82) is 0 Å². The van der Waals surface area contributed by atoms with Crippen LogP contribution in [0.1, 0.15) is 0 Å². The van der Waals surface area contributed by atoms with E-state index in [2.05, 4.69) is 0 Å². The van der Waals surface area contributed by atoms with Crippen LogP contribution in [0.5, 0.6) is 0 Å². The molecule has 23 valence electrons. The smallest absolute Gasteiger partial charge is 0 e. The average molecular weight is 445 g/mol. The molecular weight excluding hydrogens is 440 g/mol. The number of hydrogen-bond acceptors (Lipinski definition) is 0. The molecule has 0 saturated carbocycles. The van der Waals surface area contributed by atoms with Crippen molar-refractivity contribution in [1.82, 2.24) is 0 Å². The van der Waals surface area contributed by atoms with Crippen LogP contribution in [0.3, 0.4) is 0 Å². The van der Waals surface area contributed by atoms with E-state index in [0.29, 0.717) is 0 Å². The van der Waals surface area contributed by atoms with Crippen molar-refractivity contribution < 1.29 is 63.6 Å². The van der Waals surface area contributed by atoms with Crippen molar-refractivity contribution >= 4 is 41.3 Å². The third-order valence-corrected chi connectivity index (χ3v) is 0. The van der Waals surface area contributed by atoms with Crippen molar-refractivity contribution in [3.05, 3.63) is 0 Å². The van der Waals surface area contributed by atoms with Crippen LogP contribution >= 0.6 is 0 Å². The van der Waals surface area contributed by atoms with E-state index in [0.717, 1.165) is 0 Å². The van der Waals surface area contributed by atoms with E-state index in [1.807, 2.05) is 0 Å². The molecule has 0 aliphatic carbocycles. The summed E-state index contributed by atoms with van der Waals surface area (Å²) < 4.78 is 0. The molecule has 0 spiro atoms. The summed E-state index contributed by atoms with van der Waals surface area (Å²) in [6.07, 6.45) is 0. The standard InChI is InChI=1S/Al.Sn.Ta.Ti.Zn.5H. The minimum atomic E-state index is 0. The third kappa shape index (κ3) is 18.7. The largest absolute Gasteiger partial charge is 0 e. The first-order valence-corrected chi connectivity index (χ1v) is 0. The van der Waals surface area contributed by atoms with Crippen LogP contribution in [0.15, 0.2) is 0 Å². The second-order valence-electron chi connectivity index (χ2n) is 0. The van der Waals surface area contributed by atoms with Crippen LogP contribution in [-0.2, 0) is 63.6 Å². The minimum Gasteiger partial charge on any atom is 0 e. The Hall–Kier alpha value is 3.41. The Morgan fingerprint density at radius 3 is 1.00 bits per heavy atom. The number of hydrogen-bond donors (Lipinski definition) is 0. The first-order valence-electron chi connectivity index (χ1n) is 0. The van der Waals surface area contributed by atoms with Crippen LogP contribution in [0.4, 0.5) is 0 Å². The minimum absolute atomic E-state index is 0. The van der Waals surface area contributed by atoms with E-state index < -0.39 is 0 Å². The van der Waals surface area contributed by atoms with Gasteiger partial charge in [-0.2, -0.15) is 0 Å². The normalized spacial score (nSPS) is 0. The Kier molecular flexibility index (Phi) is 208. The predicted octanol–water partition coefficient (Wildman–Crippen LogP) is -2.11. The molecule has 3 radical (unpaired) electrons. The third-order valence-electron chi connectivity index (χ3n) is 0. The summed E-state index contributed by atoms with van der Waals surface area (Å²) in [7, 11) is 0. The van der Waals surface area contributed by atoms with Crippen molar-refractivity contribution in [3.8, 4) is 0 Å². The molecule has 0 unspecified atom stereocenters. The summed E-state index contributed by atoms with van der Waals surface area (Å²) in [5.74, 6) is 0. The van der Waals surface area contributed by atoms with Gasteiger partial charge in [0.25, 0.3) is 0 Å². The van der Waals surface area contributed by atoms with Crippen LogP contribution < -0.4 is 0 Å². The van der Waals surface area contributed by atoms with E-state index in [-0.39, 0.29) is 105 Å². The summed E-state index contributed by atoms with van der Waals surface area (Å²) in [5.41, 5.74) is 0. The SMILES string of the molecule is [AlH3].[SnH2].[Ta].[Ti].[Zn]. The van der Waals surface area contributed by atoms with Crippen molar-refractivity contribution in [3.63, 3.8) is 0 Å². The molecule has 0 saturated heterocycles. The fourth-order valence-corrected chi connectivity index (χ4v) is 0. The van der Waals surface area contributed by atoms with Gasteiger partial charge in [-0.1, -0.05) is 0 Å². The Morgan fingerprint density at radius 1 is 1.00 bits per heavy atom. The molecule has 0 nitrogen and oxygen atoms in total. The van der Waals surface area contributed by atoms with Gasteiger partial charge in [-0.15, -0.1) is 0 Å². The summed E-state index contributed by atoms with van der Waals surface area (Å²) in [6.45, 7) is 0. The van der Waals surface area contributed by atoms with Gasteiger partial charge in [-0.05, 0) is 0 Å². The second kappa shape index (κ2) is 26.2. The molecule has 0 aliphatic rings. The van der Waals surface area contributed by atoms with E-state index in [9.17, 15) is 0 Å². The van der Waals surface area contributed by atoms with Crippen molar-refractivity contribution in [2.24, 2.45) is 0 Å². The van der Waals surface area contributed by atoms with Gasteiger partial charge in [0.05, 0.1) is 0 Å². The van der Waals surface area contributed by atoms with Crippen LogP contribution in [-0.4, -0.2) is 41.3 Å². The van der Waals surface area contributed by atoms with Gasteiger partial charge in [0.1, 0.15) is 0 Å². The summed E-state index contributed by atoms with van der Waals surface area (Å²) in [6, 6.07) is 0. The molecule has 5 heavy (non-hydrogen) atoms. The monoisotopic (exact) mass is 445 g/mol. The molecule has 0 amide bonds. The van der Waals surface area contributed by atoms with Crippen LogP contribution in [0.2, 0.25) is 0 Å². The van der Waals surface area contributed by atoms with Crippen molar-refractivity contribution in [2.75, 3.05) is 0 Å². The maximum Gasteiger partial charge on any atom is 0 e. The Morgan fingerprint density at radius 2 is 1.00 bits per heavy atom. The molecule has 0 fully saturated rings. The Bertz CT molecular complexity index is 11.6. The quantitative estimate of drug-likeness (QED) is 0.375. The van der Waals surface area contributed by atoms with Gasteiger partial charge in [0.15, 0.2) is 17.4 Å². The fraction of sp³-hybridized carbons (Fsp3) is 0. The molecule has 0 N–H and O–H groups in total. The topological polar surface area (TPSA) is 0 Å².